The number of aryl methyl sites for hydroxylation is 2. The molecule has 0 aliphatic heterocycles. The lowest BCUT2D eigenvalue weighted by molar-refractivity contribution is -0.385. The fourth-order valence-corrected chi connectivity index (χ4v) is 2.56. The van der Waals surface area contributed by atoms with Gasteiger partial charge in [0.2, 0.25) is 0 Å². The Bertz CT molecular complexity index is 928. The number of anilines is 1. The number of aromatic nitrogens is 1. The summed E-state index contributed by atoms with van der Waals surface area (Å²) in [6, 6.07) is 11.9. The van der Waals surface area contributed by atoms with Crippen molar-refractivity contribution in [2.45, 2.75) is 13.8 Å². The highest BCUT2D eigenvalue weighted by Gasteiger charge is 2.14. The molecule has 2 aromatic carbocycles. The zero-order chi connectivity index (χ0) is 16.6. The zero-order valence-corrected chi connectivity index (χ0v) is 12.7. The predicted octanol–water partition coefficient (Wildman–Crippen LogP) is 3.95. The monoisotopic (exact) mass is 309 g/mol. The molecule has 0 aliphatic rings. The number of amides is 1. The van der Waals surface area contributed by atoms with Crippen molar-refractivity contribution >= 4 is 28.2 Å². The predicted molar refractivity (Wildman–Crippen MR) is 88.8 cm³/mol. The van der Waals surface area contributed by atoms with E-state index < -0.39 is 4.92 Å². The number of carbonyl (C=O) groups is 1. The zero-order valence-electron chi connectivity index (χ0n) is 12.7. The smallest absolute Gasteiger partial charge is 0.272 e. The molecule has 1 heterocycles. The molecule has 0 unspecified atom stereocenters. The molecular formula is C17H15N3O3. The van der Waals surface area contributed by atoms with Crippen molar-refractivity contribution in [3.63, 3.8) is 0 Å². The van der Waals surface area contributed by atoms with Gasteiger partial charge in [-0.1, -0.05) is 0 Å². The quantitative estimate of drug-likeness (QED) is 0.567. The first kappa shape index (κ1) is 14.8. The largest absolute Gasteiger partial charge is 0.359 e. The van der Waals surface area contributed by atoms with Gasteiger partial charge in [0, 0.05) is 39.5 Å². The first-order valence-corrected chi connectivity index (χ1v) is 7.10. The van der Waals surface area contributed by atoms with Crippen molar-refractivity contribution in [3.8, 4) is 0 Å². The van der Waals surface area contributed by atoms with Crippen LogP contribution in [0.5, 0.6) is 0 Å². The highest BCUT2D eigenvalue weighted by molar-refractivity contribution is 6.05. The fraction of sp³-hybridized carbons (Fsp3) is 0.118. The number of carbonyl (C=O) groups excluding carboxylic acids is 1. The second-order valence-electron chi connectivity index (χ2n) is 5.47. The van der Waals surface area contributed by atoms with E-state index in [1.165, 1.54) is 18.2 Å². The average Bonchev–Trinajstić information content (AvgIpc) is 2.86. The van der Waals surface area contributed by atoms with E-state index in [-0.39, 0.29) is 11.6 Å². The van der Waals surface area contributed by atoms with Gasteiger partial charge in [-0.15, -0.1) is 0 Å². The molecule has 3 aromatic rings. The minimum absolute atomic E-state index is 0.00534. The molecule has 1 aromatic heterocycles. The molecule has 23 heavy (non-hydrogen) atoms. The van der Waals surface area contributed by atoms with Crippen molar-refractivity contribution in [2.75, 3.05) is 5.32 Å². The first-order chi connectivity index (χ1) is 10.9. The van der Waals surface area contributed by atoms with Crippen LogP contribution in [0.1, 0.15) is 21.6 Å². The number of rotatable bonds is 3. The molecular weight excluding hydrogens is 294 g/mol. The van der Waals surface area contributed by atoms with Crippen molar-refractivity contribution in [1.82, 2.24) is 4.98 Å². The van der Waals surface area contributed by atoms with Gasteiger partial charge in [0.05, 0.1) is 4.92 Å². The van der Waals surface area contributed by atoms with Crippen LogP contribution in [-0.2, 0) is 0 Å². The normalized spacial score (nSPS) is 10.7. The molecule has 2 N–H and O–H groups in total. The van der Waals surface area contributed by atoms with E-state index >= 15 is 0 Å². The Hall–Kier alpha value is -3.15. The lowest BCUT2D eigenvalue weighted by Crippen LogP contribution is -2.12. The van der Waals surface area contributed by atoms with Crippen molar-refractivity contribution in [1.29, 1.82) is 0 Å². The summed E-state index contributed by atoms with van der Waals surface area (Å²) in [5.41, 5.74) is 3.59. The molecule has 0 saturated heterocycles. The molecule has 0 radical (unpaired) electrons. The third-order valence-electron chi connectivity index (χ3n) is 3.67. The molecule has 6 nitrogen and oxygen atoms in total. The molecule has 1 amide bonds. The van der Waals surface area contributed by atoms with E-state index in [1.807, 2.05) is 31.2 Å². The van der Waals surface area contributed by atoms with E-state index in [0.717, 1.165) is 16.6 Å². The Morgan fingerprint density at radius 1 is 1.13 bits per heavy atom. The number of nitrogens with one attached hydrogen (secondary N) is 2. The number of benzene rings is 2. The highest BCUT2D eigenvalue weighted by atomic mass is 16.6. The van der Waals surface area contributed by atoms with Crippen LogP contribution < -0.4 is 5.32 Å². The topological polar surface area (TPSA) is 88.0 Å². The standard InChI is InChI=1S/C17H15N3O3/c1-10-7-12(3-6-16(10)20(22)23)17(21)19-14-4-5-15-13(9-14)8-11(2)18-15/h3-9,18H,1-2H3,(H,19,21). The Labute approximate surface area is 132 Å². The number of H-pyrrole nitrogens is 1. The van der Waals surface area contributed by atoms with Crippen molar-refractivity contribution in [3.05, 3.63) is 69.4 Å². The van der Waals surface area contributed by atoms with Crippen LogP contribution in [0, 0.1) is 24.0 Å². The Morgan fingerprint density at radius 3 is 2.61 bits per heavy atom. The molecule has 0 spiro atoms. The molecule has 6 heteroatoms. The van der Waals surface area contributed by atoms with E-state index in [4.69, 9.17) is 0 Å². The maximum atomic E-state index is 12.3. The van der Waals surface area contributed by atoms with Crippen LogP contribution in [0.25, 0.3) is 10.9 Å². The summed E-state index contributed by atoms with van der Waals surface area (Å²) >= 11 is 0. The average molecular weight is 309 g/mol. The van der Waals surface area contributed by atoms with Gasteiger partial charge in [0.1, 0.15) is 0 Å². The highest BCUT2D eigenvalue weighted by Crippen LogP contribution is 2.22. The van der Waals surface area contributed by atoms with Crippen LogP contribution in [0.4, 0.5) is 11.4 Å². The summed E-state index contributed by atoms with van der Waals surface area (Å²) < 4.78 is 0. The molecule has 0 bridgehead atoms. The molecule has 0 aliphatic carbocycles. The van der Waals surface area contributed by atoms with Crippen LogP contribution in [0.3, 0.4) is 0 Å². The van der Waals surface area contributed by atoms with Crippen molar-refractivity contribution in [2.24, 2.45) is 0 Å². The van der Waals surface area contributed by atoms with Gasteiger partial charge in [-0.05, 0) is 50.2 Å². The molecule has 0 atom stereocenters. The first-order valence-electron chi connectivity index (χ1n) is 7.10. The van der Waals surface area contributed by atoms with Crippen molar-refractivity contribution < 1.29 is 9.72 Å². The Kier molecular flexibility index (Phi) is 3.57. The van der Waals surface area contributed by atoms with Gasteiger partial charge in [0.25, 0.3) is 11.6 Å². The number of hydrogen-bond donors (Lipinski definition) is 2. The van der Waals surface area contributed by atoms with E-state index in [0.29, 0.717) is 16.8 Å². The van der Waals surface area contributed by atoms with Gasteiger partial charge in [0.15, 0.2) is 0 Å². The molecule has 0 fully saturated rings. The SMILES string of the molecule is Cc1cc2cc(NC(=O)c3ccc([N+](=O)[O-])c(C)c3)ccc2[nH]1. The van der Waals surface area contributed by atoms with E-state index in [1.54, 1.807) is 6.92 Å². The Balaban J connectivity index is 1.85. The van der Waals surface area contributed by atoms with Crippen LogP contribution in [0.2, 0.25) is 0 Å². The maximum absolute atomic E-state index is 12.3. The number of aromatic amines is 1. The van der Waals surface area contributed by atoms with Gasteiger partial charge < -0.3 is 10.3 Å². The number of fused-ring (bicyclic) bond motifs is 1. The third-order valence-corrected chi connectivity index (χ3v) is 3.67. The summed E-state index contributed by atoms with van der Waals surface area (Å²) in [7, 11) is 0. The second-order valence-corrected chi connectivity index (χ2v) is 5.47. The lowest BCUT2D eigenvalue weighted by atomic mass is 10.1. The molecule has 116 valence electrons. The summed E-state index contributed by atoms with van der Waals surface area (Å²) in [5, 5.41) is 14.6. The third kappa shape index (κ3) is 2.91. The number of hydrogen-bond acceptors (Lipinski definition) is 3. The number of nitrogens with zero attached hydrogens (tertiary/aromatic N) is 1. The minimum Gasteiger partial charge on any atom is -0.359 e. The number of nitro benzene ring substituents is 1. The van der Waals surface area contributed by atoms with Crippen LogP contribution in [-0.4, -0.2) is 15.8 Å². The summed E-state index contributed by atoms with van der Waals surface area (Å²) in [4.78, 5) is 25.9. The fourth-order valence-electron chi connectivity index (χ4n) is 2.56. The summed E-state index contributed by atoms with van der Waals surface area (Å²) in [6.45, 7) is 3.58. The van der Waals surface area contributed by atoms with Gasteiger partial charge >= 0.3 is 0 Å². The van der Waals surface area contributed by atoms with Gasteiger partial charge in [-0.2, -0.15) is 0 Å². The van der Waals surface area contributed by atoms with E-state index in [9.17, 15) is 14.9 Å². The van der Waals surface area contributed by atoms with Crippen LogP contribution >= 0.6 is 0 Å². The lowest BCUT2D eigenvalue weighted by Gasteiger charge is -2.06. The molecule has 3 rings (SSSR count). The van der Waals surface area contributed by atoms with Gasteiger partial charge in [-0.3, -0.25) is 14.9 Å². The minimum atomic E-state index is -0.459. The second kappa shape index (κ2) is 5.57. The summed E-state index contributed by atoms with van der Waals surface area (Å²) in [5.74, 6) is -0.297. The van der Waals surface area contributed by atoms with E-state index in [2.05, 4.69) is 10.3 Å². The Morgan fingerprint density at radius 2 is 1.91 bits per heavy atom. The maximum Gasteiger partial charge on any atom is 0.272 e. The van der Waals surface area contributed by atoms with Gasteiger partial charge in [-0.25, -0.2) is 0 Å². The van der Waals surface area contributed by atoms with Crippen LogP contribution in [0.15, 0.2) is 42.5 Å². The summed E-state index contributed by atoms with van der Waals surface area (Å²) in [6.07, 6.45) is 0. The molecule has 0 saturated carbocycles. The number of nitro groups is 1.